The minimum absolute atomic E-state index is 0.121. The van der Waals surface area contributed by atoms with Gasteiger partial charge in [-0.15, -0.1) is 0 Å². The van der Waals surface area contributed by atoms with Crippen molar-refractivity contribution in [1.29, 1.82) is 0 Å². The van der Waals surface area contributed by atoms with Crippen LogP contribution in [0, 0.1) is 0 Å². The van der Waals surface area contributed by atoms with E-state index >= 15 is 0 Å². The molecule has 1 saturated carbocycles. The van der Waals surface area contributed by atoms with E-state index in [1.54, 1.807) is 12.1 Å². The highest BCUT2D eigenvalue weighted by Crippen LogP contribution is 2.33. The first-order valence-electron chi connectivity index (χ1n) is 7.02. The molecule has 0 aliphatic heterocycles. The molecule has 2 rings (SSSR count). The SMILES string of the molecule is CCC(=O)N(c1ccc(Cl)c(Cl)c1)[C@@H]1CCC[C@H]1NC. The molecule has 1 aliphatic rings. The Labute approximate surface area is 130 Å². The number of likely N-dealkylation sites (N-methyl/N-ethyl adjacent to an activating group) is 1. The average molecular weight is 315 g/mol. The highest BCUT2D eigenvalue weighted by atomic mass is 35.5. The van der Waals surface area contributed by atoms with Gasteiger partial charge in [0.2, 0.25) is 5.91 Å². The van der Waals surface area contributed by atoms with Crippen LogP contribution < -0.4 is 10.2 Å². The van der Waals surface area contributed by atoms with Crippen LogP contribution in [0.3, 0.4) is 0 Å². The third-order valence-electron chi connectivity index (χ3n) is 3.93. The zero-order valence-corrected chi connectivity index (χ0v) is 13.3. The quantitative estimate of drug-likeness (QED) is 0.914. The molecule has 1 aromatic rings. The first-order chi connectivity index (χ1) is 9.58. The molecule has 3 nitrogen and oxygen atoms in total. The summed E-state index contributed by atoms with van der Waals surface area (Å²) in [6, 6.07) is 5.91. The van der Waals surface area contributed by atoms with Crippen molar-refractivity contribution in [2.24, 2.45) is 0 Å². The maximum absolute atomic E-state index is 12.4. The molecule has 0 radical (unpaired) electrons. The Morgan fingerprint density at radius 3 is 2.70 bits per heavy atom. The fourth-order valence-electron chi connectivity index (χ4n) is 2.91. The van der Waals surface area contributed by atoms with Gasteiger partial charge in [-0.2, -0.15) is 0 Å². The van der Waals surface area contributed by atoms with E-state index < -0.39 is 0 Å². The van der Waals surface area contributed by atoms with Crippen LogP contribution in [0.2, 0.25) is 10.0 Å². The Hall–Kier alpha value is -0.770. The van der Waals surface area contributed by atoms with Crippen LogP contribution in [0.15, 0.2) is 18.2 Å². The molecule has 1 fully saturated rings. The topological polar surface area (TPSA) is 32.3 Å². The standard InChI is InChI=1S/C15H20Cl2N2O/c1-3-15(20)19(14-6-4-5-13(14)18-2)10-7-8-11(16)12(17)9-10/h7-9,13-14,18H,3-6H2,1-2H3/t13-,14-/m1/s1. The Bertz CT molecular complexity index is 493. The second-order valence-corrected chi connectivity index (χ2v) is 5.92. The number of benzene rings is 1. The summed E-state index contributed by atoms with van der Waals surface area (Å²) in [4.78, 5) is 14.3. The van der Waals surface area contributed by atoms with E-state index in [0.717, 1.165) is 24.9 Å². The van der Waals surface area contributed by atoms with E-state index in [-0.39, 0.29) is 11.9 Å². The lowest BCUT2D eigenvalue weighted by Crippen LogP contribution is -2.48. The van der Waals surface area contributed by atoms with Crippen molar-refractivity contribution in [2.75, 3.05) is 11.9 Å². The maximum Gasteiger partial charge on any atom is 0.227 e. The fraction of sp³-hybridized carbons (Fsp3) is 0.533. The lowest BCUT2D eigenvalue weighted by atomic mass is 10.1. The number of nitrogens with zero attached hydrogens (tertiary/aromatic N) is 1. The van der Waals surface area contributed by atoms with Crippen molar-refractivity contribution in [2.45, 2.75) is 44.7 Å². The molecule has 0 saturated heterocycles. The van der Waals surface area contributed by atoms with Gasteiger partial charge < -0.3 is 10.2 Å². The van der Waals surface area contributed by atoms with E-state index in [9.17, 15) is 4.79 Å². The summed E-state index contributed by atoms with van der Waals surface area (Å²) in [5.41, 5.74) is 0.832. The zero-order chi connectivity index (χ0) is 14.7. The van der Waals surface area contributed by atoms with E-state index in [4.69, 9.17) is 23.2 Å². The van der Waals surface area contributed by atoms with Crippen molar-refractivity contribution >= 4 is 34.8 Å². The molecule has 0 aromatic heterocycles. The van der Waals surface area contributed by atoms with E-state index in [2.05, 4.69) is 5.32 Å². The molecule has 2 atom stereocenters. The molecule has 0 heterocycles. The average Bonchev–Trinajstić information content (AvgIpc) is 2.91. The van der Waals surface area contributed by atoms with E-state index in [1.165, 1.54) is 0 Å². The number of anilines is 1. The summed E-state index contributed by atoms with van der Waals surface area (Å²) in [6.45, 7) is 1.89. The number of rotatable bonds is 4. The van der Waals surface area contributed by atoms with E-state index in [1.807, 2.05) is 24.9 Å². The van der Waals surface area contributed by atoms with Crippen molar-refractivity contribution in [3.8, 4) is 0 Å². The van der Waals surface area contributed by atoms with Gasteiger partial charge in [0.05, 0.1) is 16.1 Å². The van der Waals surface area contributed by atoms with Crippen molar-refractivity contribution in [1.82, 2.24) is 5.32 Å². The molecule has 0 bridgehead atoms. The number of halogens is 2. The third-order valence-corrected chi connectivity index (χ3v) is 4.67. The van der Waals surface area contributed by atoms with Crippen LogP contribution in [0.25, 0.3) is 0 Å². The minimum Gasteiger partial charge on any atom is -0.315 e. The molecule has 1 aliphatic carbocycles. The number of nitrogens with one attached hydrogen (secondary N) is 1. The Balaban J connectivity index is 2.36. The summed E-state index contributed by atoms with van der Waals surface area (Å²) < 4.78 is 0. The van der Waals surface area contributed by atoms with Crippen LogP contribution in [0.1, 0.15) is 32.6 Å². The Morgan fingerprint density at radius 2 is 2.10 bits per heavy atom. The first-order valence-corrected chi connectivity index (χ1v) is 7.78. The monoisotopic (exact) mass is 314 g/mol. The number of hydrogen-bond donors (Lipinski definition) is 1. The van der Waals surface area contributed by atoms with Crippen molar-refractivity contribution < 1.29 is 4.79 Å². The van der Waals surface area contributed by atoms with Gasteiger partial charge in [-0.05, 0) is 44.5 Å². The van der Waals surface area contributed by atoms with Crippen molar-refractivity contribution in [3.63, 3.8) is 0 Å². The molecule has 0 spiro atoms. The van der Waals surface area contributed by atoms with Gasteiger partial charge in [-0.25, -0.2) is 0 Å². The van der Waals surface area contributed by atoms with Crippen molar-refractivity contribution in [3.05, 3.63) is 28.2 Å². The van der Waals surface area contributed by atoms with Crippen LogP contribution in [-0.4, -0.2) is 25.0 Å². The van der Waals surface area contributed by atoms with Gasteiger partial charge in [-0.3, -0.25) is 4.79 Å². The first kappa shape index (κ1) is 15.6. The van der Waals surface area contributed by atoms with Gasteiger partial charge >= 0.3 is 0 Å². The second kappa shape index (κ2) is 6.79. The molecule has 5 heteroatoms. The maximum atomic E-state index is 12.4. The third kappa shape index (κ3) is 3.11. The van der Waals surface area contributed by atoms with Crippen LogP contribution in [-0.2, 0) is 4.79 Å². The van der Waals surface area contributed by atoms with Crippen LogP contribution in [0.5, 0.6) is 0 Å². The molecule has 0 unspecified atom stereocenters. The smallest absolute Gasteiger partial charge is 0.227 e. The molecule has 110 valence electrons. The number of carbonyl (C=O) groups is 1. The lowest BCUT2D eigenvalue weighted by Gasteiger charge is -2.33. The highest BCUT2D eigenvalue weighted by molar-refractivity contribution is 6.42. The summed E-state index contributed by atoms with van der Waals surface area (Å²) in [5, 5.41) is 4.31. The molecule has 1 aromatic carbocycles. The predicted molar refractivity (Wildman–Crippen MR) is 84.7 cm³/mol. The second-order valence-electron chi connectivity index (χ2n) is 5.11. The zero-order valence-electron chi connectivity index (χ0n) is 11.8. The minimum atomic E-state index is 0.121. The van der Waals surface area contributed by atoms with Crippen LogP contribution in [0.4, 0.5) is 5.69 Å². The Morgan fingerprint density at radius 1 is 1.35 bits per heavy atom. The van der Waals surface area contributed by atoms with Gasteiger partial charge in [0.15, 0.2) is 0 Å². The highest BCUT2D eigenvalue weighted by Gasteiger charge is 2.34. The molecule has 1 amide bonds. The van der Waals surface area contributed by atoms with E-state index in [0.29, 0.717) is 22.5 Å². The van der Waals surface area contributed by atoms with Gasteiger partial charge in [-0.1, -0.05) is 30.1 Å². The summed E-state index contributed by atoms with van der Waals surface area (Å²) in [6.07, 6.45) is 3.71. The summed E-state index contributed by atoms with van der Waals surface area (Å²) in [5.74, 6) is 0.121. The number of carbonyl (C=O) groups excluding carboxylic acids is 1. The number of hydrogen-bond acceptors (Lipinski definition) is 2. The van der Waals surface area contributed by atoms with Crippen LogP contribution >= 0.6 is 23.2 Å². The molecular formula is C15H20Cl2N2O. The normalized spacial score (nSPS) is 22.0. The molecule has 1 N–H and O–H groups in total. The summed E-state index contributed by atoms with van der Waals surface area (Å²) >= 11 is 12.1. The van der Waals surface area contributed by atoms with Gasteiger partial charge in [0, 0.05) is 18.2 Å². The number of amides is 1. The van der Waals surface area contributed by atoms with Gasteiger partial charge in [0.25, 0.3) is 0 Å². The van der Waals surface area contributed by atoms with Gasteiger partial charge in [0.1, 0.15) is 0 Å². The molecular weight excluding hydrogens is 295 g/mol. The largest absolute Gasteiger partial charge is 0.315 e. The Kier molecular flexibility index (Phi) is 5.30. The summed E-state index contributed by atoms with van der Waals surface area (Å²) in [7, 11) is 1.95. The fourth-order valence-corrected chi connectivity index (χ4v) is 3.20. The predicted octanol–water partition coefficient (Wildman–Crippen LogP) is 3.88. The molecule has 20 heavy (non-hydrogen) atoms. The lowest BCUT2D eigenvalue weighted by molar-refractivity contribution is -0.118.